The monoisotopic (exact) mass is 1160 g/mol. The third kappa shape index (κ3) is 15.4. The van der Waals surface area contributed by atoms with Crippen LogP contribution in [0.25, 0.3) is 0 Å². The van der Waals surface area contributed by atoms with E-state index >= 15 is 0 Å². The summed E-state index contributed by atoms with van der Waals surface area (Å²) in [6, 6.07) is 37.5. The van der Waals surface area contributed by atoms with E-state index in [0.717, 1.165) is 124 Å². The molecular formula is C61H73N13O7S2. The van der Waals surface area contributed by atoms with E-state index in [1.54, 1.807) is 48.2 Å². The fraction of sp³-hybridized carbons (Fsp3) is 0.377. The third-order valence-electron chi connectivity index (χ3n) is 15.7. The lowest BCUT2D eigenvalue weighted by molar-refractivity contribution is 0.0687. The Bertz CT molecular complexity index is 3610. The predicted octanol–water partition coefficient (Wildman–Crippen LogP) is 5.97. The molecule has 0 saturated carbocycles. The molecular weight excluding hydrogens is 1090 g/mol. The maximum Gasteiger partial charge on any atom is 0.354 e. The van der Waals surface area contributed by atoms with Gasteiger partial charge in [-0.2, -0.15) is 10.5 Å². The number of primary sulfonamides is 2. The largest absolute Gasteiger partial charge is 0.477 e. The van der Waals surface area contributed by atoms with Gasteiger partial charge in [-0.25, -0.2) is 41.9 Å². The molecule has 83 heavy (non-hydrogen) atoms. The van der Waals surface area contributed by atoms with Gasteiger partial charge in [0.05, 0.1) is 39.6 Å². The number of piperidine rings is 1. The number of aryl methyl sites for hydroxylation is 4. The Hall–Kier alpha value is -7.96. The lowest BCUT2D eigenvalue weighted by Gasteiger charge is -2.37. The number of sulfonamides is 2. The fourth-order valence-electron chi connectivity index (χ4n) is 11.2. The zero-order valence-corrected chi connectivity index (χ0v) is 49.2. The lowest BCUT2D eigenvalue weighted by atomic mass is 9.90. The normalized spacial score (nSPS) is 16.2. The number of benzene rings is 4. The smallest absolute Gasteiger partial charge is 0.354 e. The Morgan fingerprint density at radius 1 is 0.554 bits per heavy atom. The number of carbonyl (C=O) groups is 2. The number of pyridine rings is 2. The number of hydrogen-bond acceptors (Lipinski definition) is 16. The molecule has 0 spiro atoms. The van der Waals surface area contributed by atoms with Gasteiger partial charge in [0.2, 0.25) is 20.0 Å². The lowest BCUT2D eigenvalue weighted by Crippen LogP contribution is -2.49. The first kappa shape index (κ1) is 61.1. The molecule has 0 bridgehead atoms. The van der Waals surface area contributed by atoms with Crippen molar-refractivity contribution in [1.82, 2.24) is 25.1 Å². The summed E-state index contributed by atoms with van der Waals surface area (Å²) in [5.41, 5.74) is 10.7. The predicted molar refractivity (Wildman–Crippen MR) is 322 cm³/mol. The second kappa shape index (κ2) is 27.4. The number of nitrogens with zero attached hydrogens (tertiary/aromatic N) is 10. The van der Waals surface area contributed by atoms with Crippen molar-refractivity contribution >= 4 is 54.7 Å². The molecule has 0 aliphatic carbocycles. The van der Waals surface area contributed by atoms with Crippen molar-refractivity contribution in [3.05, 3.63) is 165 Å². The van der Waals surface area contributed by atoms with Crippen LogP contribution in [0.5, 0.6) is 0 Å². The highest BCUT2D eigenvalue weighted by Gasteiger charge is 2.29. The first-order valence-electron chi connectivity index (χ1n) is 27.9. The average molecular weight is 1160 g/mol. The highest BCUT2D eigenvalue weighted by atomic mass is 32.2. The van der Waals surface area contributed by atoms with Crippen molar-refractivity contribution in [1.29, 1.82) is 10.5 Å². The molecule has 20 nitrogen and oxygen atoms in total. The molecule has 6 aromatic rings. The maximum absolute atomic E-state index is 13.6. The Balaban J connectivity index is 0.000000182. The number of rotatable bonds is 12. The minimum Gasteiger partial charge on any atom is -0.477 e. The minimum atomic E-state index is -3.85. The number of para-hydroxylation sites is 4. The first-order valence-corrected chi connectivity index (χ1v) is 30.9. The number of aromatic nitrogens is 2. The molecule has 2 aromatic heterocycles. The molecule has 0 atom stereocenters. The van der Waals surface area contributed by atoms with Crippen LogP contribution in [0.1, 0.15) is 78.6 Å². The summed E-state index contributed by atoms with van der Waals surface area (Å²) < 4.78 is 47.0. The number of amides is 1. The van der Waals surface area contributed by atoms with Crippen LogP contribution in [-0.4, -0.2) is 145 Å². The number of nitriles is 2. The first-order chi connectivity index (χ1) is 39.7. The van der Waals surface area contributed by atoms with Crippen LogP contribution in [0, 0.1) is 56.3 Å². The number of hydrogen-bond donors (Lipinski definition) is 4. The van der Waals surface area contributed by atoms with Crippen LogP contribution in [0.2, 0.25) is 0 Å². The highest BCUT2D eigenvalue weighted by molar-refractivity contribution is 7.89. The van der Waals surface area contributed by atoms with Gasteiger partial charge in [0.15, 0.2) is 5.69 Å². The van der Waals surface area contributed by atoms with Gasteiger partial charge < -0.3 is 34.9 Å². The molecule has 6 N–H and O–H groups in total. The standard InChI is InChI=1S/C31H36N6O3S.C20H22N4O2.C10H15N3O2S/c1-22-19-23(2)30(31(38)37-17-15-36(16-18-37)28-9-5-6-10-29(28)41(33,39)40)34-26(22)20-24-11-13-35(14-12-24)27-8-4-3-7-25(27)21-32;1-14-11-15(2)19(20(25)26)22-17(14)13-23-7-9-24(10-8-23)18-6-4-3-5-16(18)12-21;11-16(14,15)10-4-2-1-3-9(10)13-7-5-12-6-8-13/h3-10,19,24H,11-18,20H2,1-2H3,(H2,33,39,40);3-6,11H,7-10,13H2,1-2H3,(H,25,26);1-4,12H,5-8H2,(H2,11,14,15). The van der Waals surface area contributed by atoms with Crippen molar-refractivity contribution in [3.8, 4) is 12.1 Å². The van der Waals surface area contributed by atoms with Gasteiger partial charge in [-0.15, -0.1) is 0 Å². The molecule has 1 amide bonds. The van der Waals surface area contributed by atoms with Crippen LogP contribution in [0.3, 0.4) is 0 Å². The number of piperazine rings is 3. The summed E-state index contributed by atoms with van der Waals surface area (Å²) in [7, 11) is -7.50. The van der Waals surface area contributed by atoms with Gasteiger partial charge >= 0.3 is 5.97 Å². The molecule has 4 saturated heterocycles. The summed E-state index contributed by atoms with van der Waals surface area (Å²) >= 11 is 0. The molecule has 0 radical (unpaired) electrons. The van der Waals surface area contributed by atoms with E-state index in [1.807, 2.05) is 84.3 Å². The second-order valence-corrected chi connectivity index (χ2v) is 24.4. The summed E-state index contributed by atoms with van der Waals surface area (Å²) in [4.78, 5) is 47.1. The van der Waals surface area contributed by atoms with E-state index in [4.69, 9.17) is 15.3 Å². The van der Waals surface area contributed by atoms with Gasteiger partial charge in [0.1, 0.15) is 27.6 Å². The summed E-state index contributed by atoms with van der Waals surface area (Å²) in [6.07, 6.45) is 2.82. The number of carboxylic acids is 1. The van der Waals surface area contributed by atoms with E-state index in [2.05, 4.69) is 50.1 Å². The van der Waals surface area contributed by atoms with Gasteiger partial charge in [0, 0.05) is 104 Å². The molecule has 4 aromatic carbocycles. The molecule has 4 aliphatic rings. The molecule has 4 fully saturated rings. The van der Waals surface area contributed by atoms with Gasteiger partial charge in [-0.3, -0.25) is 9.69 Å². The Labute approximate surface area is 487 Å². The highest BCUT2D eigenvalue weighted by Crippen LogP contribution is 2.31. The molecule has 22 heteroatoms. The van der Waals surface area contributed by atoms with E-state index < -0.39 is 26.0 Å². The van der Waals surface area contributed by atoms with Crippen molar-refractivity contribution in [2.75, 3.05) is 111 Å². The summed E-state index contributed by atoms with van der Waals surface area (Å²) in [5, 5.41) is 41.9. The summed E-state index contributed by atoms with van der Waals surface area (Å²) in [5.74, 6) is -0.618. The number of nitrogens with one attached hydrogen (secondary N) is 1. The topological polar surface area (TPSA) is 280 Å². The van der Waals surface area contributed by atoms with Gasteiger partial charge in [-0.05, 0) is 124 Å². The zero-order chi connectivity index (χ0) is 59.4. The van der Waals surface area contributed by atoms with Crippen molar-refractivity contribution in [2.24, 2.45) is 16.2 Å². The van der Waals surface area contributed by atoms with E-state index in [9.17, 15) is 42.1 Å². The van der Waals surface area contributed by atoms with Crippen molar-refractivity contribution in [3.63, 3.8) is 0 Å². The van der Waals surface area contributed by atoms with Crippen LogP contribution >= 0.6 is 0 Å². The van der Waals surface area contributed by atoms with Crippen LogP contribution in [-0.2, 0) is 33.0 Å². The molecule has 10 rings (SSSR count). The van der Waals surface area contributed by atoms with Crippen molar-refractivity contribution < 1.29 is 31.5 Å². The third-order valence-corrected chi connectivity index (χ3v) is 17.6. The van der Waals surface area contributed by atoms with E-state index in [0.29, 0.717) is 72.4 Å². The number of carboxylic acid groups (broad SMARTS) is 1. The maximum atomic E-state index is 13.6. The van der Waals surface area contributed by atoms with Crippen molar-refractivity contribution in [2.45, 2.75) is 63.3 Å². The Morgan fingerprint density at radius 2 is 0.964 bits per heavy atom. The Kier molecular flexibility index (Phi) is 20.2. The molecule has 6 heterocycles. The number of aromatic carboxylic acids is 1. The van der Waals surface area contributed by atoms with Gasteiger partial charge in [0.25, 0.3) is 5.91 Å². The SMILES string of the molecule is Cc1cc(C)c(C(=O)N2CCN(c3ccccc3S(N)(=O)=O)CC2)nc1CC1CCN(c2ccccc2C#N)CC1.Cc1cc(C)c(C(=O)O)nc1CN1CCN(c2ccccc2C#N)CC1.NS(=O)(=O)c1ccccc1N1CCNCC1. The fourth-order valence-corrected chi connectivity index (χ4v) is 12.7. The quantitative estimate of drug-likeness (QED) is 0.110. The van der Waals surface area contributed by atoms with E-state index in [-0.39, 0.29) is 21.4 Å². The van der Waals surface area contributed by atoms with Gasteiger partial charge in [-0.1, -0.05) is 60.7 Å². The number of anilines is 4. The molecule has 4 aliphatic heterocycles. The number of carbonyl (C=O) groups excluding carboxylic acids is 1. The number of nitrogens with two attached hydrogens (primary N) is 2. The van der Waals surface area contributed by atoms with Crippen LogP contribution in [0.15, 0.2) is 119 Å². The average Bonchev–Trinajstić information content (AvgIpc) is 3.56. The van der Waals surface area contributed by atoms with E-state index in [1.165, 1.54) is 6.07 Å². The van der Waals surface area contributed by atoms with Crippen LogP contribution < -0.4 is 35.2 Å². The van der Waals surface area contributed by atoms with Crippen LogP contribution in [0.4, 0.5) is 22.7 Å². The summed E-state index contributed by atoms with van der Waals surface area (Å²) in [6.45, 7) is 18.7. The molecule has 0 unspecified atom stereocenters. The Morgan fingerprint density at radius 3 is 1.46 bits per heavy atom. The zero-order valence-electron chi connectivity index (χ0n) is 47.5. The minimum absolute atomic E-state index is 0.0916. The second-order valence-electron chi connectivity index (χ2n) is 21.3. The molecule has 436 valence electrons.